The number of hydrogen-bond donors (Lipinski definition) is 1. The minimum atomic E-state index is -4.80. The molecule has 4 aromatic rings. The van der Waals surface area contributed by atoms with Crippen molar-refractivity contribution in [1.29, 1.82) is 0 Å². The highest BCUT2D eigenvalue weighted by molar-refractivity contribution is 7.92. The number of sulfone groups is 1. The van der Waals surface area contributed by atoms with Gasteiger partial charge in [0.25, 0.3) is 6.29 Å². The first-order valence-corrected chi connectivity index (χ1v) is 20.3. The van der Waals surface area contributed by atoms with Gasteiger partial charge in [0, 0.05) is 6.92 Å². The fourth-order valence-corrected chi connectivity index (χ4v) is 8.54. The summed E-state index contributed by atoms with van der Waals surface area (Å²) in [4.78, 5) is 41.3. The molecular weight excluding hydrogens is 749 g/mol. The average Bonchev–Trinajstić information content (AvgIpc) is 3.21. The predicted molar refractivity (Wildman–Crippen MR) is 212 cm³/mol. The van der Waals surface area contributed by atoms with Gasteiger partial charge < -0.3 is 28.8 Å². The Morgan fingerprint density at radius 2 is 1.04 bits per heavy atom. The number of rotatable bonds is 13. The minimum absolute atomic E-state index is 0.0586. The van der Waals surface area contributed by atoms with Crippen LogP contribution in [0.3, 0.4) is 0 Å². The summed E-state index contributed by atoms with van der Waals surface area (Å²) in [6.07, 6.45) is -6.79. The van der Waals surface area contributed by atoms with Gasteiger partial charge >= 0.3 is 17.9 Å². The van der Waals surface area contributed by atoms with Gasteiger partial charge in [-0.1, -0.05) is 114 Å². The van der Waals surface area contributed by atoms with Crippen molar-refractivity contribution in [2.45, 2.75) is 107 Å². The van der Waals surface area contributed by atoms with E-state index in [2.05, 4.69) is 12.0 Å². The largest absolute Gasteiger partial charge is 0.452 e. The number of ether oxygens (including phenoxy) is 5. The third-order valence-corrected chi connectivity index (χ3v) is 11.5. The van der Waals surface area contributed by atoms with Crippen LogP contribution in [0.25, 0.3) is 0 Å². The van der Waals surface area contributed by atoms with Crippen LogP contribution >= 0.6 is 0 Å². The van der Waals surface area contributed by atoms with Crippen LogP contribution in [0.1, 0.15) is 114 Å². The van der Waals surface area contributed by atoms with Crippen LogP contribution in [0, 0.1) is 12.0 Å². The molecule has 0 radical (unpaired) electrons. The summed E-state index contributed by atoms with van der Waals surface area (Å²) < 4.78 is 60.0. The van der Waals surface area contributed by atoms with Crippen LogP contribution in [0.2, 0.25) is 0 Å². The number of aliphatic hydroxyl groups is 1. The van der Waals surface area contributed by atoms with Crippen molar-refractivity contribution in [1.82, 2.24) is 0 Å². The van der Waals surface area contributed by atoms with Crippen LogP contribution < -0.4 is 0 Å². The highest BCUT2D eigenvalue weighted by Crippen LogP contribution is 2.40. The monoisotopic (exact) mass is 796 g/mol. The first-order valence-electron chi connectivity index (χ1n) is 18.8. The number of carbonyl (C=O) groups is 3. The van der Waals surface area contributed by atoms with E-state index in [-0.39, 0.29) is 39.3 Å². The molecule has 0 saturated carbocycles. The molecule has 12 heteroatoms. The molecule has 300 valence electrons. The number of benzene rings is 4. The van der Waals surface area contributed by atoms with Crippen molar-refractivity contribution < 1.29 is 51.6 Å². The lowest BCUT2D eigenvalue weighted by Gasteiger charge is -2.44. The first-order chi connectivity index (χ1) is 27.1. The minimum Gasteiger partial charge on any atom is -0.452 e. The van der Waals surface area contributed by atoms with Crippen LogP contribution in [0.15, 0.2) is 108 Å². The van der Waals surface area contributed by atoms with Crippen molar-refractivity contribution in [3.8, 4) is 12.0 Å². The number of aliphatic hydroxyl groups excluding tert-OH is 1. The van der Waals surface area contributed by atoms with E-state index in [1.807, 2.05) is 53.7 Å². The second-order valence-electron chi connectivity index (χ2n) is 14.6. The summed E-state index contributed by atoms with van der Waals surface area (Å²) in [7, 11) is -4.80. The van der Waals surface area contributed by atoms with Crippen LogP contribution in [-0.2, 0) is 33.5 Å². The number of esters is 3. The molecule has 1 saturated heterocycles. The Morgan fingerprint density at radius 3 is 1.42 bits per heavy atom. The molecule has 1 aliphatic heterocycles. The Labute approximate surface area is 334 Å². The van der Waals surface area contributed by atoms with Crippen molar-refractivity contribution in [2.75, 3.05) is 0 Å². The van der Waals surface area contributed by atoms with Crippen LogP contribution in [0.4, 0.5) is 0 Å². The maximum Gasteiger partial charge on any atom is 0.338 e. The maximum absolute atomic E-state index is 15.0. The smallest absolute Gasteiger partial charge is 0.338 e. The van der Waals surface area contributed by atoms with Gasteiger partial charge in [-0.05, 0) is 70.8 Å². The van der Waals surface area contributed by atoms with Crippen molar-refractivity contribution in [3.63, 3.8) is 0 Å². The third kappa shape index (κ3) is 9.74. The first kappa shape index (κ1) is 42.7. The normalized spacial score (nSPS) is 19.9. The molecule has 1 fully saturated rings. The zero-order chi connectivity index (χ0) is 41.4. The summed E-state index contributed by atoms with van der Waals surface area (Å²) in [6.45, 7) is 12.9. The number of hydrogen-bond acceptors (Lipinski definition) is 11. The van der Waals surface area contributed by atoms with Gasteiger partial charge in [0.05, 0.1) is 21.6 Å². The molecular formula is C45H48O11S. The fourth-order valence-electron chi connectivity index (χ4n) is 6.48. The van der Waals surface area contributed by atoms with Gasteiger partial charge in [-0.2, -0.15) is 0 Å². The lowest BCUT2D eigenvalue weighted by atomic mass is 9.89. The highest BCUT2D eigenvalue weighted by atomic mass is 32.2. The van der Waals surface area contributed by atoms with Crippen LogP contribution in [0.5, 0.6) is 0 Å². The summed E-state index contributed by atoms with van der Waals surface area (Å²) in [5, 5.41) is 12.3. The molecule has 57 heavy (non-hydrogen) atoms. The molecule has 11 nitrogen and oxygen atoms in total. The SMILES string of the molecule is CC#CO[C@H]1O[C@H](C(O)S(=O)(=O)c2c(C(C)C)cc(C(C)C)cc2C(C)C)[C@@H](OC(=O)c2ccccc2)[C@H](OC(=O)c2ccccc2)[C@@H]1OC(=O)c1ccccc1. The molecule has 1 heterocycles. The van der Waals surface area contributed by atoms with Gasteiger partial charge in [-0.15, -0.1) is 0 Å². The zero-order valence-corrected chi connectivity index (χ0v) is 33.8. The third-order valence-electron chi connectivity index (χ3n) is 9.53. The quantitative estimate of drug-likeness (QED) is 0.0812. The van der Waals surface area contributed by atoms with E-state index < -0.39 is 63.9 Å². The second-order valence-corrected chi connectivity index (χ2v) is 16.6. The van der Waals surface area contributed by atoms with Gasteiger partial charge in [-0.25, -0.2) is 22.8 Å². The Morgan fingerprint density at radius 1 is 0.632 bits per heavy atom. The van der Waals surface area contributed by atoms with E-state index in [9.17, 15) is 19.5 Å². The molecule has 1 unspecified atom stereocenters. The lowest BCUT2D eigenvalue weighted by Crippen LogP contribution is -2.65. The summed E-state index contributed by atoms with van der Waals surface area (Å²) in [5.74, 6) is -0.765. The van der Waals surface area contributed by atoms with E-state index in [1.54, 1.807) is 54.6 Å². The molecule has 6 atom stereocenters. The zero-order valence-electron chi connectivity index (χ0n) is 32.9. The Balaban J connectivity index is 1.72. The van der Waals surface area contributed by atoms with E-state index in [0.29, 0.717) is 11.1 Å². The molecule has 0 bridgehead atoms. The standard InChI is InChI=1S/C45H48O11S/c1-8-24-52-45-39(55-43(48)32-22-16-11-17-23-32)37(54-42(47)31-20-14-10-15-21-31)36(53-41(46)30-18-12-9-13-19-30)38(56-45)44(49)57(50,51)40-34(28(4)5)25-33(27(2)3)26-35(40)29(6)7/h9-23,25-29,36-39,44-45,49H,1-7H3/t36-,37-,38-,39-,44?,45-/m0/s1. The molecule has 1 aliphatic rings. The van der Waals surface area contributed by atoms with E-state index in [1.165, 1.54) is 43.3 Å². The van der Waals surface area contributed by atoms with Crippen molar-refractivity contribution in [3.05, 3.63) is 137 Å². The Bertz CT molecular complexity index is 2160. The molecule has 5 rings (SSSR count). The van der Waals surface area contributed by atoms with Gasteiger partial charge in [0.15, 0.2) is 17.6 Å². The molecule has 0 amide bonds. The molecule has 1 N–H and O–H groups in total. The molecule has 0 spiro atoms. The lowest BCUT2D eigenvalue weighted by molar-refractivity contribution is -0.286. The van der Waals surface area contributed by atoms with Gasteiger partial charge in [0.1, 0.15) is 12.2 Å². The maximum atomic E-state index is 15.0. The summed E-state index contributed by atoms with van der Waals surface area (Å²) in [5.41, 5.74) is -0.330. The number of carbonyl (C=O) groups excluding carboxylic acids is 3. The topological polar surface area (TPSA) is 152 Å². The van der Waals surface area contributed by atoms with E-state index in [4.69, 9.17) is 23.7 Å². The Kier molecular flexibility index (Phi) is 14.0. The molecule has 0 aromatic heterocycles. The second kappa shape index (κ2) is 18.6. The molecule has 0 aliphatic carbocycles. The summed E-state index contributed by atoms with van der Waals surface area (Å²) in [6, 6.07) is 27.2. The Hall–Kier alpha value is -5.48. The highest BCUT2D eigenvalue weighted by Gasteiger charge is 2.58. The van der Waals surface area contributed by atoms with Crippen LogP contribution in [-0.4, -0.2) is 67.6 Å². The predicted octanol–water partition coefficient (Wildman–Crippen LogP) is 7.55. The van der Waals surface area contributed by atoms with E-state index >= 15 is 8.42 Å². The summed E-state index contributed by atoms with van der Waals surface area (Å²) >= 11 is 0. The van der Waals surface area contributed by atoms with Crippen molar-refractivity contribution in [2.24, 2.45) is 0 Å². The van der Waals surface area contributed by atoms with E-state index in [0.717, 1.165) is 5.56 Å². The van der Waals surface area contributed by atoms with Crippen molar-refractivity contribution >= 4 is 27.7 Å². The fraction of sp³-hybridized carbons (Fsp3) is 0.356. The average molecular weight is 797 g/mol. The van der Waals surface area contributed by atoms with Gasteiger partial charge in [0.2, 0.25) is 15.9 Å². The van der Waals surface area contributed by atoms with Gasteiger partial charge in [-0.3, -0.25) is 0 Å². The molecule has 4 aromatic carbocycles.